The second-order valence-electron chi connectivity index (χ2n) is 4.15. The predicted molar refractivity (Wildman–Crippen MR) is 59.1 cm³/mol. The highest BCUT2D eigenvalue weighted by atomic mass is 19.1. The Kier molecular flexibility index (Phi) is 3.33. The molecule has 0 bridgehead atoms. The smallest absolute Gasteiger partial charge is 0.183 e. The number of hydrogen-bond donors (Lipinski definition) is 0. The highest BCUT2D eigenvalue weighted by molar-refractivity contribution is 5.39. The van der Waals surface area contributed by atoms with Gasteiger partial charge in [0.05, 0.1) is 19.4 Å². The average Bonchev–Trinajstić information content (AvgIpc) is 2.30. The Morgan fingerprint density at radius 3 is 2.69 bits per heavy atom. The van der Waals surface area contributed by atoms with E-state index in [0.717, 1.165) is 0 Å². The van der Waals surface area contributed by atoms with Crippen LogP contribution in [0, 0.1) is 5.82 Å². The molecule has 5 heteroatoms. The highest BCUT2D eigenvalue weighted by Gasteiger charge is 2.18. The molecule has 0 amide bonds. The fraction of sp³-hybridized carbons (Fsp3) is 0.636. The minimum absolute atomic E-state index is 0.209. The number of anilines is 1. The first-order valence-electron chi connectivity index (χ1n) is 5.53. The largest absolute Gasteiger partial charge is 0.378 e. The van der Waals surface area contributed by atoms with Crippen molar-refractivity contribution in [1.29, 1.82) is 0 Å². The summed E-state index contributed by atoms with van der Waals surface area (Å²) in [4.78, 5) is 10.2. The van der Waals surface area contributed by atoms with Crippen molar-refractivity contribution in [1.82, 2.24) is 9.97 Å². The molecule has 88 valence electrons. The summed E-state index contributed by atoms with van der Waals surface area (Å²) in [6.07, 6.45) is 1.26. The van der Waals surface area contributed by atoms with Gasteiger partial charge < -0.3 is 9.64 Å². The van der Waals surface area contributed by atoms with Crippen LogP contribution in [0.1, 0.15) is 25.6 Å². The summed E-state index contributed by atoms with van der Waals surface area (Å²) >= 11 is 0. The summed E-state index contributed by atoms with van der Waals surface area (Å²) in [6, 6.07) is 0. The summed E-state index contributed by atoms with van der Waals surface area (Å²) in [5, 5.41) is 0. The third-order valence-corrected chi connectivity index (χ3v) is 2.57. The monoisotopic (exact) mass is 225 g/mol. The first-order valence-corrected chi connectivity index (χ1v) is 5.53. The standard InChI is InChI=1S/C11H16FN3O/c1-8(2)10-13-7-9(12)11(14-10)15-3-5-16-6-4-15/h7-8H,3-6H2,1-2H3. The molecule has 0 N–H and O–H groups in total. The van der Waals surface area contributed by atoms with Crippen molar-refractivity contribution >= 4 is 5.82 Å². The van der Waals surface area contributed by atoms with Crippen molar-refractivity contribution in [3.05, 3.63) is 17.8 Å². The van der Waals surface area contributed by atoms with Gasteiger partial charge in [-0.25, -0.2) is 14.4 Å². The van der Waals surface area contributed by atoms with Gasteiger partial charge in [-0.15, -0.1) is 0 Å². The molecule has 16 heavy (non-hydrogen) atoms. The molecule has 1 aromatic heterocycles. The lowest BCUT2D eigenvalue weighted by atomic mass is 10.2. The number of morpholine rings is 1. The van der Waals surface area contributed by atoms with Crippen LogP contribution in [0.5, 0.6) is 0 Å². The molecular weight excluding hydrogens is 209 g/mol. The Hall–Kier alpha value is -1.23. The van der Waals surface area contributed by atoms with Crippen LogP contribution >= 0.6 is 0 Å². The van der Waals surface area contributed by atoms with Crippen LogP contribution in [0.15, 0.2) is 6.20 Å². The molecule has 0 aliphatic carbocycles. The van der Waals surface area contributed by atoms with E-state index in [0.29, 0.717) is 37.9 Å². The lowest BCUT2D eigenvalue weighted by Gasteiger charge is -2.28. The van der Waals surface area contributed by atoms with Crippen LogP contribution in [-0.4, -0.2) is 36.3 Å². The van der Waals surface area contributed by atoms with Crippen LogP contribution in [0.3, 0.4) is 0 Å². The van der Waals surface area contributed by atoms with E-state index < -0.39 is 0 Å². The number of hydrogen-bond acceptors (Lipinski definition) is 4. The first-order chi connectivity index (χ1) is 7.68. The highest BCUT2D eigenvalue weighted by Crippen LogP contribution is 2.19. The molecule has 0 saturated carbocycles. The second-order valence-corrected chi connectivity index (χ2v) is 4.15. The van der Waals surface area contributed by atoms with Crippen molar-refractivity contribution in [3.8, 4) is 0 Å². The molecule has 1 saturated heterocycles. The maximum atomic E-state index is 13.6. The maximum Gasteiger partial charge on any atom is 0.183 e. The lowest BCUT2D eigenvalue weighted by molar-refractivity contribution is 0.122. The van der Waals surface area contributed by atoms with E-state index in [1.165, 1.54) is 6.20 Å². The van der Waals surface area contributed by atoms with Gasteiger partial charge in [0.1, 0.15) is 5.82 Å². The maximum absolute atomic E-state index is 13.6. The third kappa shape index (κ3) is 2.29. The van der Waals surface area contributed by atoms with Gasteiger partial charge in [-0.2, -0.15) is 0 Å². The van der Waals surface area contributed by atoms with E-state index in [1.54, 1.807) is 0 Å². The van der Waals surface area contributed by atoms with Gasteiger partial charge in [0.2, 0.25) is 0 Å². The molecular formula is C11H16FN3O. The molecule has 1 aliphatic rings. The number of nitrogens with zero attached hydrogens (tertiary/aromatic N) is 3. The Balaban J connectivity index is 2.27. The molecule has 2 rings (SSSR count). The molecule has 1 aliphatic heterocycles. The minimum Gasteiger partial charge on any atom is -0.378 e. The van der Waals surface area contributed by atoms with E-state index in [-0.39, 0.29) is 11.7 Å². The quantitative estimate of drug-likeness (QED) is 0.766. The first kappa shape index (κ1) is 11.3. The molecule has 0 unspecified atom stereocenters. The molecule has 0 radical (unpaired) electrons. The van der Waals surface area contributed by atoms with Crippen LogP contribution < -0.4 is 4.90 Å². The number of rotatable bonds is 2. The van der Waals surface area contributed by atoms with Crippen LogP contribution in [0.25, 0.3) is 0 Å². The molecule has 0 aromatic carbocycles. The summed E-state index contributed by atoms with van der Waals surface area (Å²) < 4.78 is 18.8. The SMILES string of the molecule is CC(C)c1ncc(F)c(N2CCOCC2)n1. The number of halogens is 1. The summed E-state index contributed by atoms with van der Waals surface area (Å²) in [5.74, 6) is 0.941. The fourth-order valence-corrected chi connectivity index (χ4v) is 1.65. The minimum atomic E-state index is -0.355. The molecule has 1 fully saturated rings. The molecule has 4 nitrogen and oxygen atoms in total. The Morgan fingerprint density at radius 2 is 2.06 bits per heavy atom. The lowest BCUT2D eigenvalue weighted by Crippen LogP contribution is -2.37. The molecule has 1 aromatic rings. The van der Waals surface area contributed by atoms with Gasteiger partial charge in [0.25, 0.3) is 0 Å². The predicted octanol–water partition coefficient (Wildman–Crippen LogP) is 1.58. The number of ether oxygens (including phenoxy) is 1. The van der Waals surface area contributed by atoms with E-state index >= 15 is 0 Å². The zero-order valence-electron chi connectivity index (χ0n) is 9.61. The van der Waals surface area contributed by atoms with Crippen molar-refractivity contribution < 1.29 is 9.13 Å². The summed E-state index contributed by atoms with van der Waals surface area (Å²) in [6.45, 7) is 6.62. The molecule has 0 spiro atoms. The molecule has 0 atom stereocenters. The fourth-order valence-electron chi connectivity index (χ4n) is 1.65. The normalized spacial score (nSPS) is 16.9. The molecule has 2 heterocycles. The van der Waals surface area contributed by atoms with Gasteiger partial charge in [-0.1, -0.05) is 13.8 Å². The van der Waals surface area contributed by atoms with E-state index in [2.05, 4.69) is 9.97 Å². The topological polar surface area (TPSA) is 38.2 Å². The average molecular weight is 225 g/mol. The zero-order chi connectivity index (χ0) is 11.5. The summed E-state index contributed by atoms with van der Waals surface area (Å²) in [5.41, 5.74) is 0. The van der Waals surface area contributed by atoms with Crippen molar-refractivity contribution in [2.45, 2.75) is 19.8 Å². The van der Waals surface area contributed by atoms with Crippen molar-refractivity contribution in [2.24, 2.45) is 0 Å². The Bertz CT molecular complexity index is 364. The van der Waals surface area contributed by atoms with E-state index in [4.69, 9.17) is 4.74 Å². The Labute approximate surface area is 94.5 Å². The van der Waals surface area contributed by atoms with Gasteiger partial charge >= 0.3 is 0 Å². The van der Waals surface area contributed by atoms with Crippen molar-refractivity contribution in [2.75, 3.05) is 31.2 Å². The van der Waals surface area contributed by atoms with E-state index in [1.807, 2.05) is 18.7 Å². The van der Waals surface area contributed by atoms with E-state index in [9.17, 15) is 4.39 Å². The number of aromatic nitrogens is 2. The van der Waals surface area contributed by atoms with Gasteiger partial charge in [0.15, 0.2) is 11.6 Å². The zero-order valence-corrected chi connectivity index (χ0v) is 9.61. The van der Waals surface area contributed by atoms with Crippen LogP contribution in [0.4, 0.5) is 10.2 Å². The van der Waals surface area contributed by atoms with Gasteiger partial charge in [-0.05, 0) is 0 Å². The van der Waals surface area contributed by atoms with Gasteiger partial charge in [0, 0.05) is 19.0 Å². The van der Waals surface area contributed by atoms with Crippen LogP contribution in [0.2, 0.25) is 0 Å². The third-order valence-electron chi connectivity index (χ3n) is 2.57. The summed E-state index contributed by atoms with van der Waals surface area (Å²) in [7, 11) is 0. The second kappa shape index (κ2) is 4.74. The van der Waals surface area contributed by atoms with Crippen LogP contribution in [-0.2, 0) is 4.74 Å². The van der Waals surface area contributed by atoms with Gasteiger partial charge in [-0.3, -0.25) is 0 Å². The van der Waals surface area contributed by atoms with Crippen molar-refractivity contribution in [3.63, 3.8) is 0 Å². The Morgan fingerprint density at radius 1 is 1.38 bits per heavy atom.